The highest BCUT2D eigenvalue weighted by Gasteiger charge is 2.30. The number of rotatable bonds is 3. The largest absolute Gasteiger partial charge is 0.393 e. The van der Waals surface area contributed by atoms with Gasteiger partial charge in [-0.2, -0.15) is 5.10 Å². The molecule has 21 heavy (non-hydrogen) atoms. The summed E-state index contributed by atoms with van der Waals surface area (Å²) in [5.74, 6) is 0.123. The van der Waals surface area contributed by atoms with Crippen molar-refractivity contribution in [3.8, 4) is 11.3 Å². The number of H-pyrrole nitrogens is 1. The highest BCUT2D eigenvalue weighted by atomic mass is 16.3. The van der Waals surface area contributed by atoms with Gasteiger partial charge in [-0.1, -0.05) is 30.3 Å². The van der Waals surface area contributed by atoms with Gasteiger partial charge in [0.2, 0.25) is 0 Å². The average Bonchev–Trinajstić information content (AvgIpc) is 3.17. The Labute approximate surface area is 123 Å². The molecule has 2 aromatic rings. The molecule has 0 aliphatic carbocycles. The fourth-order valence-electron chi connectivity index (χ4n) is 2.72. The molecule has 1 fully saturated rings. The maximum Gasteiger partial charge on any atom is 0.271 e. The topological polar surface area (TPSA) is 69.2 Å². The summed E-state index contributed by atoms with van der Waals surface area (Å²) in [7, 11) is 0. The van der Waals surface area contributed by atoms with Gasteiger partial charge in [-0.15, -0.1) is 0 Å². The molecular formula is C16H19N3O2. The molecule has 1 aliphatic heterocycles. The molecule has 0 radical (unpaired) electrons. The van der Waals surface area contributed by atoms with Crippen LogP contribution in [0.4, 0.5) is 0 Å². The number of carbonyl (C=O) groups is 1. The van der Waals surface area contributed by atoms with E-state index >= 15 is 0 Å². The molecule has 1 saturated heterocycles. The van der Waals surface area contributed by atoms with Crippen LogP contribution in [0.1, 0.15) is 23.8 Å². The summed E-state index contributed by atoms with van der Waals surface area (Å²) >= 11 is 0. The van der Waals surface area contributed by atoms with Crippen molar-refractivity contribution >= 4 is 5.91 Å². The van der Waals surface area contributed by atoms with Gasteiger partial charge in [0.15, 0.2) is 0 Å². The number of aromatic nitrogens is 2. The zero-order valence-corrected chi connectivity index (χ0v) is 12.0. The molecule has 5 heteroatoms. The summed E-state index contributed by atoms with van der Waals surface area (Å²) in [6.45, 7) is 3.08. The lowest BCUT2D eigenvalue weighted by atomic mass is 10.0. The van der Waals surface area contributed by atoms with E-state index in [4.69, 9.17) is 0 Å². The molecule has 0 spiro atoms. The number of nitrogens with zero attached hydrogens (tertiary/aromatic N) is 2. The van der Waals surface area contributed by atoms with Crippen molar-refractivity contribution in [1.29, 1.82) is 0 Å². The second-order valence-corrected chi connectivity index (χ2v) is 5.57. The lowest BCUT2D eigenvalue weighted by molar-refractivity contribution is 0.0757. The minimum absolute atomic E-state index is 0.0483. The first-order valence-electron chi connectivity index (χ1n) is 7.23. The molecule has 1 aliphatic rings. The zero-order valence-electron chi connectivity index (χ0n) is 12.0. The lowest BCUT2D eigenvalue weighted by Gasteiger charge is -2.16. The minimum Gasteiger partial charge on any atom is -0.393 e. The third-order valence-electron chi connectivity index (χ3n) is 4.07. The van der Waals surface area contributed by atoms with E-state index in [0.717, 1.165) is 17.7 Å². The van der Waals surface area contributed by atoms with Gasteiger partial charge in [-0.05, 0) is 19.4 Å². The number of aliphatic hydroxyl groups is 1. The van der Waals surface area contributed by atoms with Crippen LogP contribution >= 0.6 is 0 Å². The number of amides is 1. The maximum atomic E-state index is 12.4. The normalized spacial score (nSPS) is 19.7. The summed E-state index contributed by atoms with van der Waals surface area (Å²) in [5.41, 5.74) is 2.25. The predicted molar refractivity (Wildman–Crippen MR) is 79.7 cm³/mol. The van der Waals surface area contributed by atoms with Crippen molar-refractivity contribution < 1.29 is 9.90 Å². The first-order chi connectivity index (χ1) is 10.1. The smallest absolute Gasteiger partial charge is 0.271 e. The number of aliphatic hydroxyl groups excluding tert-OH is 1. The Morgan fingerprint density at radius 2 is 2.19 bits per heavy atom. The third kappa shape index (κ3) is 2.83. The van der Waals surface area contributed by atoms with E-state index in [1.165, 1.54) is 0 Å². The molecule has 2 atom stereocenters. The van der Waals surface area contributed by atoms with Crippen molar-refractivity contribution in [2.24, 2.45) is 5.92 Å². The SMILES string of the molecule is CC(O)C1CCN(C(=O)c2cc(-c3ccccc3)n[nH]2)C1. The van der Waals surface area contributed by atoms with Gasteiger partial charge in [0.05, 0.1) is 11.8 Å². The van der Waals surface area contributed by atoms with E-state index in [-0.39, 0.29) is 17.9 Å². The van der Waals surface area contributed by atoms with Gasteiger partial charge < -0.3 is 10.0 Å². The Morgan fingerprint density at radius 3 is 2.86 bits per heavy atom. The van der Waals surface area contributed by atoms with E-state index in [1.807, 2.05) is 30.3 Å². The van der Waals surface area contributed by atoms with E-state index in [0.29, 0.717) is 18.8 Å². The lowest BCUT2D eigenvalue weighted by Crippen LogP contribution is -2.30. The number of benzene rings is 1. The van der Waals surface area contributed by atoms with Gasteiger partial charge in [-0.3, -0.25) is 9.89 Å². The van der Waals surface area contributed by atoms with Gasteiger partial charge in [0, 0.05) is 24.6 Å². The Kier molecular flexibility index (Phi) is 3.75. The molecule has 110 valence electrons. The van der Waals surface area contributed by atoms with Gasteiger partial charge in [0.1, 0.15) is 5.69 Å². The standard InChI is InChI=1S/C16H19N3O2/c1-11(20)13-7-8-19(10-13)16(21)15-9-14(17-18-15)12-5-3-2-4-6-12/h2-6,9,11,13,20H,7-8,10H2,1H3,(H,17,18). The van der Waals surface area contributed by atoms with E-state index in [2.05, 4.69) is 10.2 Å². The summed E-state index contributed by atoms with van der Waals surface area (Å²) < 4.78 is 0. The fourth-order valence-corrected chi connectivity index (χ4v) is 2.72. The minimum atomic E-state index is -0.371. The number of hydrogen-bond acceptors (Lipinski definition) is 3. The zero-order chi connectivity index (χ0) is 14.8. The summed E-state index contributed by atoms with van der Waals surface area (Å²) in [5, 5.41) is 16.6. The highest BCUT2D eigenvalue weighted by Crippen LogP contribution is 2.23. The van der Waals surface area contributed by atoms with Crippen LogP contribution in [0.5, 0.6) is 0 Å². The van der Waals surface area contributed by atoms with E-state index in [9.17, 15) is 9.90 Å². The van der Waals surface area contributed by atoms with Crippen LogP contribution in [0, 0.1) is 5.92 Å². The van der Waals surface area contributed by atoms with Crippen LogP contribution in [0.3, 0.4) is 0 Å². The number of likely N-dealkylation sites (tertiary alicyclic amines) is 1. The van der Waals surface area contributed by atoms with Crippen LogP contribution in [0.2, 0.25) is 0 Å². The molecule has 3 rings (SSSR count). The summed E-state index contributed by atoms with van der Waals surface area (Å²) in [6.07, 6.45) is 0.479. The molecule has 0 saturated carbocycles. The number of hydrogen-bond donors (Lipinski definition) is 2. The van der Waals surface area contributed by atoms with Gasteiger partial charge >= 0.3 is 0 Å². The third-order valence-corrected chi connectivity index (χ3v) is 4.07. The quantitative estimate of drug-likeness (QED) is 0.905. The monoisotopic (exact) mass is 285 g/mol. The van der Waals surface area contributed by atoms with Crippen LogP contribution in [0.15, 0.2) is 36.4 Å². The Morgan fingerprint density at radius 1 is 1.43 bits per heavy atom. The number of carbonyl (C=O) groups excluding carboxylic acids is 1. The van der Waals surface area contributed by atoms with Crippen LogP contribution in [-0.2, 0) is 0 Å². The van der Waals surface area contributed by atoms with Crippen molar-refractivity contribution in [1.82, 2.24) is 15.1 Å². The maximum absolute atomic E-state index is 12.4. The Bertz CT molecular complexity index is 621. The number of nitrogens with one attached hydrogen (secondary N) is 1. The van der Waals surface area contributed by atoms with Crippen LogP contribution in [-0.4, -0.2) is 45.3 Å². The Balaban J connectivity index is 1.73. The molecule has 1 aromatic heterocycles. The molecular weight excluding hydrogens is 266 g/mol. The van der Waals surface area contributed by atoms with Crippen molar-refractivity contribution in [2.45, 2.75) is 19.4 Å². The highest BCUT2D eigenvalue weighted by molar-refractivity contribution is 5.93. The van der Waals surface area contributed by atoms with Crippen molar-refractivity contribution in [3.63, 3.8) is 0 Å². The first kappa shape index (κ1) is 13.8. The second kappa shape index (κ2) is 5.69. The average molecular weight is 285 g/mol. The van der Waals surface area contributed by atoms with Crippen LogP contribution in [0.25, 0.3) is 11.3 Å². The fraction of sp³-hybridized carbons (Fsp3) is 0.375. The number of aromatic amines is 1. The van der Waals surface area contributed by atoms with Crippen molar-refractivity contribution in [2.75, 3.05) is 13.1 Å². The predicted octanol–water partition coefficient (Wildman–Crippen LogP) is 1.92. The molecule has 2 unspecified atom stereocenters. The van der Waals surface area contributed by atoms with E-state index in [1.54, 1.807) is 17.9 Å². The molecule has 5 nitrogen and oxygen atoms in total. The van der Waals surface area contributed by atoms with Crippen LogP contribution < -0.4 is 0 Å². The van der Waals surface area contributed by atoms with E-state index < -0.39 is 0 Å². The Hall–Kier alpha value is -2.14. The summed E-state index contributed by atoms with van der Waals surface area (Å²) in [4.78, 5) is 14.2. The van der Waals surface area contributed by atoms with Crippen molar-refractivity contribution in [3.05, 3.63) is 42.1 Å². The molecule has 2 heterocycles. The molecule has 1 aromatic carbocycles. The van der Waals surface area contributed by atoms with Gasteiger partial charge in [0.25, 0.3) is 5.91 Å². The molecule has 2 N–H and O–H groups in total. The second-order valence-electron chi connectivity index (χ2n) is 5.57. The molecule has 0 bridgehead atoms. The van der Waals surface area contributed by atoms with Gasteiger partial charge in [-0.25, -0.2) is 0 Å². The summed E-state index contributed by atoms with van der Waals surface area (Å²) in [6, 6.07) is 11.5. The first-order valence-corrected chi connectivity index (χ1v) is 7.23. The molecule has 1 amide bonds.